The zero-order valence-corrected chi connectivity index (χ0v) is 15.8. The summed E-state index contributed by atoms with van der Waals surface area (Å²) >= 11 is 0. The average molecular weight is 377 g/mol. The van der Waals surface area contributed by atoms with Gasteiger partial charge in [0.2, 0.25) is 0 Å². The summed E-state index contributed by atoms with van der Waals surface area (Å²) in [5, 5.41) is 7.08. The lowest BCUT2D eigenvalue weighted by molar-refractivity contribution is 0.580. The van der Waals surface area contributed by atoms with Gasteiger partial charge < -0.3 is 0 Å². The standard InChI is InChI=1S/C25H19N3O/c29-25-24-20(10-6-11-22(24)18-7-2-1-3-8-18)17-26-28(25)16-15-21-14-13-19-9-4-5-12-23(19)27-21/h1-14,17H,15-16H2. The molecule has 0 aliphatic heterocycles. The Balaban J connectivity index is 1.52. The maximum Gasteiger partial charge on any atom is 0.275 e. The van der Waals surface area contributed by atoms with Crippen molar-refractivity contribution in [1.82, 2.24) is 14.8 Å². The van der Waals surface area contributed by atoms with Crippen LogP contribution in [0, 0.1) is 0 Å². The molecule has 0 saturated heterocycles. The second-order valence-corrected chi connectivity index (χ2v) is 7.05. The minimum atomic E-state index is -0.0669. The summed E-state index contributed by atoms with van der Waals surface area (Å²) in [4.78, 5) is 17.9. The van der Waals surface area contributed by atoms with E-state index in [1.807, 2.05) is 78.9 Å². The molecule has 0 bridgehead atoms. The fourth-order valence-electron chi connectivity index (χ4n) is 3.72. The second kappa shape index (κ2) is 7.32. The first-order chi connectivity index (χ1) is 14.3. The average Bonchev–Trinajstić information content (AvgIpc) is 2.79. The highest BCUT2D eigenvalue weighted by Gasteiger charge is 2.11. The van der Waals surface area contributed by atoms with Gasteiger partial charge in [0.15, 0.2) is 0 Å². The van der Waals surface area contributed by atoms with Crippen LogP contribution in [0.25, 0.3) is 32.8 Å². The third-order valence-corrected chi connectivity index (χ3v) is 5.20. The highest BCUT2D eigenvalue weighted by molar-refractivity contribution is 5.95. The number of pyridine rings is 1. The number of fused-ring (bicyclic) bond motifs is 2. The first kappa shape index (κ1) is 17.3. The summed E-state index contributed by atoms with van der Waals surface area (Å²) in [6, 6.07) is 28.0. The molecule has 0 fully saturated rings. The van der Waals surface area contributed by atoms with Gasteiger partial charge in [-0.2, -0.15) is 5.10 Å². The zero-order valence-electron chi connectivity index (χ0n) is 15.8. The normalized spacial score (nSPS) is 11.2. The van der Waals surface area contributed by atoms with Crippen LogP contribution in [0.15, 0.2) is 95.9 Å². The van der Waals surface area contributed by atoms with Gasteiger partial charge in [0.25, 0.3) is 5.56 Å². The molecular weight excluding hydrogens is 358 g/mol. The van der Waals surface area contributed by atoms with Gasteiger partial charge in [-0.1, -0.05) is 72.8 Å². The summed E-state index contributed by atoms with van der Waals surface area (Å²) in [7, 11) is 0. The van der Waals surface area contributed by atoms with Crippen LogP contribution in [-0.4, -0.2) is 14.8 Å². The van der Waals surface area contributed by atoms with Crippen molar-refractivity contribution in [3.05, 3.63) is 107 Å². The molecule has 5 rings (SSSR count). The fourth-order valence-corrected chi connectivity index (χ4v) is 3.72. The minimum Gasteiger partial charge on any atom is -0.267 e. The van der Waals surface area contributed by atoms with E-state index < -0.39 is 0 Å². The predicted molar refractivity (Wildman–Crippen MR) is 117 cm³/mol. The molecule has 5 aromatic rings. The molecule has 3 aromatic carbocycles. The number of rotatable bonds is 4. The number of aromatic nitrogens is 3. The van der Waals surface area contributed by atoms with Gasteiger partial charge in [-0.25, -0.2) is 4.68 Å². The topological polar surface area (TPSA) is 47.8 Å². The number of benzene rings is 3. The Morgan fingerprint density at radius 3 is 2.45 bits per heavy atom. The summed E-state index contributed by atoms with van der Waals surface area (Å²) < 4.78 is 1.55. The molecule has 0 spiro atoms. The van der Waals surface area contributed by atoms with Crippen molar-refractivity contribution in [1.29, 1.82) is 0 Å². The van der Waals surface area contributed by atoms with Crippen molar-refractivity contribution in [2.45, 2.75) is 13.0 Å². The van der Waals surface area contributed by atoms with Gasteiger partial charge in [-0.05, 0) is 23.3 Å². The summed E-state index contributed by atoms with van der Waals surface area (Å²) in [5.74, 6) is 0. The van der Waals surface area contributed by atoms with Crippen LogP contribution in [0.4, 0.5) is 0 Å². The van der Waals surface area contributed by atoms with E-state index in [0.29, 0.717) is 18.4 Å². The number of aryl methyl sites for hydroxylation is 2. The van der Waals surface area contributed by atoms with Crippen LogP contribution in [0.5, 0.6) is 0 Å². The van der Waals surface area contributed by atoms with Crippen LogP contribution >= 0.6 is 0 Å². The lowest BCUT2D eigenvalue weighted by atomic mass is 10.0. The van der Waals surface area contributed by atoms with E-state index in [0.717, 1.165) is 33.1 Å². The Hall–Kier alpha value is -3.79. The summed E-state index contributed by atoms with van der Waals surface area (Å²) in [6.45, 7) is 0.489. The molecule has 140 valence electrons. The third kappa shape index (κ3) is 3.29. The molecule has 0 amide bonds. The third-order valence-electron chi connectivity index (χ3n) is 5.20. The molecule has 2 heterocycles. The molecule has 0 aliphatic carbocycles. The molecule has 0 N–H and O–H groups in total. The van der Waals surface area contributed by atoms with Gasteiger partial charge in [0.1, 0.15) is 0 Å². The number of hydrogen-bond acceptors (Lipinski definition) is 3. The molecule has 0 aliphatic rings. The van der Waals surface area contributed by atoms with Crippen molar-refractivity contribution in [3.8, 4) is 11.1 Å². The lowest BCUT2D eigenvalue weighted by Crippen LogP contribution is -2.24. The van der Waals surface area contributed by atoms with Crippen molar-refractivity contribution in [3.63, 3.8) is 0 Å². The first-order valence-corrected chi connectivity index (χ1v) is 9.68. The van der Waals surface area contributed by atoms with E-state index >= 15 is 0 Å². The zero-order chi connectivity index (χ0) is 19.6. The van der Waals surface area contributed by atoms with Crippen molar-refractivity contribution in [2.75, 3.05) is 0 Å². The van der Waals surface area contributed by atoms with E-state index in [1.165, 1.54) is 0 Å². The van der Waals surface area contributed by atoms with E-state index in [2.05, 4.69) is 11.2 Å². The van der Waals surface area contributed by atoms with E-state index in [-0.39, 0.29) is 5.56 Å². The second-order valence-electron chi connectivity index (χ2n) is 7.05. The molecule has 0 atom stereocenters. The monoisotopic (exact) mass is 377 g/mol. The molecule has 4 nitrogen and oxygen atoms in total. The fraction of sp³-hybridized carbons (Fsp3) is 0.0800. The molecule has 4 heteroatoms. The molecule has 0 radical (unpaired) electrons. The Kier molecular flexibility index (Phi) is 4.37. The Morgan fingerprint density at radius 2 is 1.55 bits per heavy atom. The van der Waals surface area contributed by atoms with Crippen molar-refractivity contribution in [2.24, 2.45) is 0 Å². The van der Waals surface area contributed by atoms with E-state index in [9.17, 15) is 4.79 Å². The maximum atomic E-state index is 13.2. The smallest absolute Gasteiger partial charge is 0.267 e. The van der Waals surface area contributed by atoms with Crippen LogP contribution < -0.4 is 5.56 Å². The van der Waals surface area contributed by atoms with Gasteiger partial charge in [0.05, 0.1) is 23.6 Å². The number of nitrogens with zero attached hydrogens (tertiary/aromatic N) is 3. The lowest BCUT2D eigenvalue weighted by Gasteiger charge is -2.10. The predicted octanol–water partition coefficient (Wildman–Crippen LogP) is 4.85. The van der Waals surface area contributed by atoms with E-state index in [4.69, 9.17) is 4.98 Å². The van der Waals surface area contributed by atoms with Gasteiger partial charge in [0, 0.05) is 22.9 Å². The molecular formula is C25H19N3O. The van der Waals surface area contributed by atoms with Crippen molar-refractivity contribution < 1.29 is 0 Å². The van der Waals surface area contributed by atoms with Crippen LogP contribution in [0.3, 0.4) is 0 Å². The van der Waals surface area contributed by atoms with Gasteiger partial charge in [-0.15, -0.1) is 0 Å². The first-order valence-electron chi connectivity index (χ1n) is 9.68. The minimum absolute atomic E-state index is 0.0669. The molecule has 0 saturated carbocycles. The van der Waals surface area contributed by atoms with Crippen LogP contribution in [0.2, 0.25) is 0 Å². The van der Waals surface area contributed by atoms with Crippen molar-refractivity contribution >= 4 is 21.7 Å². The highest BCUT2D eigenvalue weighted by Crippen LogP contribution is 2.25. The Bertz CT molecular complexity index is 1370. The summed E-state index contributed by atoms with van der Waals surface area (Å²) in [6.07, 6.45) is 2.42. The Morgan fingerprint density at radius 1 is 0.759 bits per heavy atom. The summed E-state index contributed by atoms with van der Waals surface area (Å²) in [5.41, 5.74) is 3.82. The van der Waals surface area contributed by atoms with E-state index in [1.54, 1.807) is 10.9 Å². The van der Waals surface area contributed by atoms with Crippen LogP contribution in [-0.2, 0) is 13.0 Å². The quantitative estimate of drug-likeness (QED) is 0.450. The van der Waals surface area contributed by atoms with Gasteiger partial charge >= 0.3 is 0 Å². The number of hydrogen-bond donors (Lipinski definition) is 0. The molecule has 2 aromatic heterocycles. The SMILES string of the molecule is O=c1c2c(-c3ccccc3)cccc2cnn1CCc1ccc2ccccc2n1. The molecule has 29 heavy (non-hydrogen) atoms. The molecule has 0 unspecified atom stereocenters. The Labute approximate surface area is 168 Å². The van der Waals surface area contributed by atoms with Crippen LogP contribution in [0.1, 0.15) is 5.69 Å². The largest absolute Gasteiger partial charge is 0.275 e. The number of para-hydroxylation sites is 1. The van der Waals surface area contributed by atoms with Gasteiger partial charge in [-0.3, -0.25) is 9.78 Å². The maximum absolute atomic E-state index is 13.2. The highest BCUT2D eigenvalue weighted by atomic mass is 16.1.